The highest BCUT2D eigenvalue weighted by Gasteiger charge is 2.44. The maximum absolute atomic E-state index is 13.4. The second-order valence-corrected chi connectivity index (χ2v) is 7.28. The fourth-order valence-corrected chi connectivity index (χ4v) is 2.25. The van der Waals surface area contributed by atoms with Gasteiger partial charge in [-0.2, -0.15) is 0 Å². The number of hydrogen-bond acceptors (Lipinski definition) is 5. The number of rotatable bonds is 6. The number of alkyl carbamates (subject to hydrolysis) is 1. The molecule has 1 aliphatic rings. The zero-order valence-corrected chi connectivity index (χ0v) is 15.0. The van der Waals surface area contributed by atoms with E-state index in [1.165, 1.54) is 19.2 Å². The Balaban J connectivity index is 1.93. The molecular weight excluding hydrogens is 329 g/mol. The summed E-state index contributed by atoms with van der Waals surface area (Å²) in [6, 6.07) is 3.71. The van der Waals surface area contributed by atoms with Gasteiger partial charge in [-0.15, -0.1) is 0 Å². The lowest BCUT2D eigenvalue weighted by Crippen LogP contribution is -2.37. The molecule has 0 unspecified atom stereocenters. The standard InChI is InChI=1S/C18H24FNO5/c1-17(2,3)25-16(22)20-10-18(7-8-18)11-24-14-6-5-12(19)9-13(14)15(21)23-4/h5-6,9H,7-8,10-11H2,1-4H3,(H,20,22). The second kappa shape index (κ2) is 7.29. The predicted molar refractivity (Wildman–Crippen MR) is 89.1 cm³/mol. The van der Waals surface area contributed by atoms with Gasteiger partial charge in [0.25, 0.3) is 0 Å². The minimum absolute atomic E-state index is 0.0402. The Morgan fingerprint density at radius 3 is 2.52 bits per heavy atom. The summed E-state index contributed by atoms with van der Waals surface area (Å²) in [5.74, 6) is -0.941. The van der Waals surface area contributed by atoms with Crippen LogP contribution in [0.4, 0.5) is 9.18 Å². The van der Waals surface area contributed by atoms with E-state index in [2.05, 4.69) is 10.1 Å². The van der Waals surface area contributed by atoms with Crippen molar-refractivity contribution in [3.05, 3.63) is 29.6 Å². The molecule has 1 amide bonds. The van der Waals surface area contributed by atoms with Crippen LogP contribution < -0.4 is 10.1 Å². The largest absolute Gasteiger partial charge is 0.492 e. The molecule has 2 rings (SSSR count). The molecule has 0 spiro atoms. The van der Waals surface area contributed by atoms with Gasteiger partial charge in [0.15, 0.2) is 0 Å². The van der Waals surface area contributed by atoms with Crippen LogP contribution in [0.3, 0.4) is 0 Å². The highest BCUT2D eigenvalue weighted by atomic mass is 19.1. The smallest absolute Gasteiger partial charge is 0.407 e. The van der Waals surface area contributed by atoms with E-state index in [0.717, 1.165) is 18.9 Å². The first-order chi connectivity index (χ1) is 11.6. The molecule has 0 heterocycles. The molecule has 1 saturated carbocycles. The molecule has 25 heavy (non-hydrogen) atoms. The molecule has 0 aliphatic heterocycles. The Hall–Kier alpha value is -2.31. The van der Waals surface area contributed by atoms with Crippen molar-refractivity contribution in [1.82, 2.24) is 5.32 Å². The van der Waals surface area contributed by atoms with Gasteiger partial charge in [-0.3, -0.25) is 0 Å². The average Bonchev–Trinajstić information content (AvgIpc) is 3.30. The number of nitrogens with one attached hydrogen (secondary N) is 1. The van der Waals surface area contributed by atoms with E-state index in [-0.39, 0.29) is 16.7 Å². The van der Waals surface area contributed by atoms with Crippen molar-refractivity contribution in [2.75, 3.05) is 20.3 Å². The maximum Gasteiger partial charge on any atom is 0.407 e. The normalized spacial score (nSPS) is 15.2. The van der Waals surface area contributed by atoms with Crippen LogP contribution in [0.15, 0.2) is 18.2 Å². The van der Waals surface area contributed by atoms with Gasteiger partial charge in [0.1, 0.15) is 22.7 Å². The fraction of sp³-hybridized carbons (Fsp3) is 0.556. The Bertz CT molecular complexity index is 649. The predicted octanol–water partition coefficient (Wildman–Crippen LogP) is 3.30. The SMILES string of the molecule is COC(=O)c1cc(F)ccc1OCC1(CNC(=O)OC(C)(C)C)CC1. The third-order valence-electron chi connectivity index (χ3n) is 3.84. The Kier molecular flexibility index (Phi) is 5.55. The van der Waals surface area contributed by atoms with Crippen LogP contribution in [0, 0.1) is 11.2 Å². The number of carbonyl (C=O) groups excluding carboxylic acids is 2. The Morgan fingerprint density at radius 2 is 1.96 bits per heavy atom. The Morgan fingerprint density at radius 1 is 1.28 bits per heavy atom. The fourth-order valence-electron chi connectivity index (χ4n) is 2.25. The van der Waals surface area contributed by atoms with Crippen LogP contribution in [0.2, 0.25) is 0 Å². The van der Waals surface area contributed by atoms with E-state index in [9.17, 15) is 14.0 Å². The van der Waals surface area contributed by atoms with Crippen molar-refractivity contribution in [1.29, 1.82) is 0 Å². The molecule has 0 atom stereocenters. The number of amides is 1. The number of methoxy groups -OCH3 is 1. The number of carbonyl (C=O) groups is 2. The number of ether oxygens (including phenoxy) is 3. The van der Waals surface area contributed by atoms with Gasteiger partial charge in [-0.05, 0) is 51.8 Å². The van der Waals surface area contributed by atoms with Crippen molar-refractivity contribution in [2.24, 2.45) is 5.41 Å². The summed E-state index contributed by atoms with van der Waals surface area (Å²) in [5, 5.41) is 2.74. The highest BCUT2D eigenvalue weighted by molar-refractivity contribution is 5.92. The first kappa shape index (κ1) is 19.0. The quantitative estimate of drug-likeness (QED) is 0.795. The third-order valence-corrected chi connectivity index (χ3v) is 3.84. The molecule has 1 fully saturated rings. The lowest BCUT2D eigenvalue weighted by atomic mass is 10.1. The first-order valence-electron chi connectivity index (χ1n) is 8.12. The average molecular weight is 353 g/mol. The summed E-state index contributed by atoms with van der Waals surface area (Å²) < 4.78 is 28.9. The zero-order valence-electron chi connectivity index (χ0n) is 15.0. The van der Waals surface area contributed by atoms with Crippen molar-refractivity contribution < 1.29 is 28.2 Å². The van der Waals surface area contributed by atoms with Gasteiger partial charge in [-0.25, -0.2) is 14.0 Å². The van der Waals surface area contributed by atoms with E-state index >= 15 is 0 Å². The van der Waals surface area contributed by atoms with E-state index in [0.29, 0.717) is 13.2 Å². The molecule has 7 heteroatoms. The molecule has 6 nitrogen and oxygen atoms in total. The highest BCUT2D eigenvalue weighted by Crippen LogP contribution is 2.45. The van der Waals surface area contributed by atoms with Crippen LogP contribution in [-0.2, 0) is 9.47 Å². The number of benzene rings is 1. The lowest BCUT2D eigenvalue weighted by Gasteiger charge is -2.22. The van der Waals surface area contributed by atoms with Gasteiger partial charge in [0.05, 0.1) is 13.7 Å². The molecule has 0 aromatic heterocycles. The maximum atomic E-state index is 13.4. The van der Waals surface area contributed by atoms with Crippen molar-refractivity contribution >= 4 is 12.1 Å². The number of esters is 1. The van der Waals surface area contributed by atoms with E-state index < -0.39 is 23.5 Å². The zero-order chi connectivity index (χ0) is 18.7. The molecule has 0 bridgehead atoms. The summed E-state index contributed by atoms with van der Waals surface area (Å²) >= 11 is 0. The number of halogens is 1. The van der Waals surface area contributed by atoms with E-state index in [4.69, 9.17) is 9.47 Å². The van der Waals surface area contributed by atoms with Crippen LogP contribution in [0.5, 0.6) is 5.75 Å². The van der Waals surface area contributed by atoms with Crippen molar-refractivity contribution in [2.45, 2.75) is 39.2 Å². The molecular formula is C18H24FNO5. The van der Waals surface area contributed by atoms with Gasteiger partial charge < -0.3 is 19.5 Å². The molecule has 1 aromatic carbocycles. The topological polar surface area (TPSA) is 73.9 Å². The monoisotopic (exact) mass is 353 g/mol. The van der Waals surface area contributed by atoms with Crippen molar-refractivity contribution in [3.8, 4) is 5.75 Å². The summed E-state index contributed by atoms with van der Waals surface area (Å²) in [6.45, 7) is 6.11. The molecule has 1 aliphatic carbocycles. The van der Waals surface area contributed by atoms with E-state index in [1.54, 1.807) is 20.8 Å². The summed E-state index contributed by atoms with van der Waals surface area (Å²) in [5.41, 5.74) is -0.710. The number of hydrogen-bond donors (Lipinski definition) is 1. The minimum atomic E-state index is -0.661. The Labute approximate surface area is 146 Å². The van der Waals surface area contributed by atoms with Gasteiger partial charge in [-0.1, -0.05) is 0 Å². The third kappa shape index (κ3) is 5.62. The van der Waals surface area contributed by atoms with Crippen LogP contribution in [0.25, 0.3) is 0 Å². The minimum Gasteiger partial charge on any atom is -0.492 e. The molecule has 1 aromatic rings. The van der Waals surface area contributed by atoms with Gasteiger partial charge >= 0.3 is 12.1 Å². The van der Waals surface area contributed by atoms with Crippen molar-refractivity contribution in [3.63, 3.8) is 0 Å². The molecule has 0 saturated heterocycles. The van der Waals surface area contributed by atoms with Crippen LogP contribution >= 0.6 is 0 Å². The molecule has 138 valence electrons. The van der Waals surface area contributed by atoms with Gasteiger partial charge in [0.2, 0.25) is 0 Å². The lowest BCUT2D eigenvalue weighted by molar-refractivity contribution is 0.0509. The summed E-state index contributed by atoms with van der Waals surface area (Å²) in [6.07, 6.45) is 1.30. The second-order valence-electron chi connectivity index (χ2n) is 7.28. The molecule has 0 radical (unpaired) electrons. The van der Waals surface area contributed by atoms with E-state index in [1.807, 2.05) is 0 Å². The summed E-state index contributed by atoms with van der Waals surface area (Å²) in [4.78, 5) is 23.5. The van der Waals surface area contributed by atoms with Crippen LogP contribution in [-0.4, -0.2) is 37.9 Å². The first-order valence-corrected chi connectivity index (χ1v) is 8.12. The van der Waals surface area contributed by atoms with Crippen LogP contribution in [0.1, 0.15) is 44.0 Å². The summed E-state index contributed by atoms with van der Waals surface area (Å²) in [7, 11) is 1.23. The molecule has 1 N–H and O–H groups in total. The van der Waals surface area contributed by atoms with Gasteiger partial charge in [0, 0.05) is 12.0 Å².